The number of carbonyl (C=O) groups excluding carboxylic acids is 2. The van der Waals surface area contributed by atoms with Gasteiger partial charge < -0.3 is 14.8 Å². The van der Waals surface area contributed by atoms with Crippen LogP contribution in [0.15, 0.2) is 48.8 Å². The minimum absolute atomic E-state index is 0.132. The normalized spacial score (nSPS) is 11.2. The molecule has 0 radical (unpaired) electrons. The summed E-state index contributed by atoms with van der Waals surface area (Å²) in [6.07, 6.45) is 3.35. The number of halogens is 2. The number of methoxy groups -OCH3 is 2. The van der Waals surface area contributed by atoms with Crippen molar-refractivity contribution in [3.05, 3.63) is 64.4 Å². The average molecular weight is 557 g/mol. The topological polar surface area (TPSA) is 119 Å². The van der Waals surface area contributed by atoms with Crippen molar-refractivity contribution in [1.29, 1.82) is 0 Å². The summed E-state index contributed by atoms with van der Waals surface area (Å²) in [4.78, 5) is 34.9. The minimum atomic E-state index is -0.721. The van der Waals surface area contributed by atoms with Crippen molar-refractivity contribution in [1.82, 2.24) is 25.2 Å². The molecule has 4 rings (SSSR count). The van der Waals surface area contributed by atoms with E-state index in [2.05, 4.69) is 21.2 Å². The highest BCUT2D eigenvalue weighted by atomic mass is 35.5. The number of ether oxygens (including phenoxy) is 2. The molecular formula is C26H26Cl2N6O4. The first-order valence-corrected chi connectivity index (χ1v) is 12.2. The Morgan fingerprint density at radius 2 is 1.71 bits per heavy atom. The van der Waals surface area contributed by atoms with E-state index >= 15 is 0 Å². The lowest BCUT2D eigenvalue weighted by Crippen LogP contribution is -2.46. The molecule has 0 aliphatic carbocycles. The van der Waals surface area contributed by atoms with E-state index in [1.807, 2.05) is 0 Å². The zero-order valence-electron chi connectivity index (χ0n) is 21.3. The first kappa shape index (κ1) is 27.0. The van der Waals surface area contributed by atoms with Crippen molar-refractivity contribution in [2.45, 2.75) is 20.8 Å². The molecule has 0 aliphatic heterocycles. The van der Waals surface area contributed by atoms with Gasteiger partial charge in [0, 0.05) is 23.9 Å². The van der Waals surface area contributed by atoms with Crippen LogP contribution in [-0.2, 0) is 4.79 Å². The average Bonchev–Trinajstić information content (AvgIpc) is 3.25. The molecule has 0 aliphatic rings. The fourth-order valence-corrected chi connectivity index (χ4v) is 4.07. The van der Waals surface area contributed by atoms with Crippen LogP contribution in [0, 0.1) is 5.41 Å². The van der Waals surface area contributed by atoms with Crippen LogP contribution in [0.2, 0.25) is 10.0 Å². The number of nitrogens with zero attached hydrogens (tertiary/aromatic N) is 3. The number of carbonyl (C=O) groups is 2. The highest BCUT2D eigenvalue weighted by molar-refractivity contribution is 6.39. The fourth-order valence-electron chi connectivity index (χ4n) is 3.58. The Balaban J connectivity index is 1.92. The number of nitrogens with one attached hydrogen (secondary N) is 3. The summed E-state index contributed by atoms with van der Waals surface area (Å²) in [5.41, 5.74) is 5.44. The second kappa shape index (κ2) is 10.8. The van der Waals surface area contributed by atoms with Gasteiger partial charge >= 0.3 is 0 Å². The molecule has 198 valence electrons. The molecule has 0 fully saturated rings. The number of hydrogen-bond acceptors (Lipinski definition) is 7. The molecule has 0 saturated heterocycles. The number of anilines is 2. The Kier molecular flexibility index (Phi) is 7.66. The van der Waals surface area contributed by atoms with Crippen LogP contribution in [0.3, 0.4) is 0 Å². The first-order chi connectivity index (χ1) is 18.0. The summed E-state index contributed by atoms with van der Waals surface area (Å²) < 4.78 is 12.8. The molecule has 2 aromatic carbocycles. The number of imidazole rings is 1. The van der Waals surface area contributed by atoms with Gasteiger partial charge in [-0.3, -0.25) is 24.8 Å². The maximum Gasteiger partial charge on any atom is 0.270 e. The van der Waals surface area contributed by atoms with Gasteiger partial charge in [0.2, 0.25) is 11.7 Å². The largest absolute Gasteiger partial charge is 0.497 e. The molecule has 0 saturated carbocycles. The predicted molar refractivity (Wildman–Crippen MR) is 146 cm³/mol. The lowest BCUT2D eigenvalue weighted by Gasteiger charge is -2.20. The summed E-state index contributed by atoms with van der Waals surface area (Å²) in [5, 5.41) is 4.02. The van der Waals surface area contributed by atoms with Gasteiger partial charge in [0.25, 0.3) is 5.91 Å². The number of fused-ring (bicyclic) bond motifs is 1. The van der Waals surface area contributed by atoms with Gasteiger partial charge in [-0.1, -0.05) is 50.0 Å². The van der Waals surface area contributed by atoms with E-state index in [4.69, 9.17) is 37.7 Å². The van der Waals surface area contributed by atoms with Crippen molar-refractivity contribution in [3.63, 3.8) is 0 Å². The van der Waals surface area contributed by atoms with Gasteiger partial charge in [-0.15, -0.1) is 0 Å². The predicted octanol–water partition coefficient (Wildman–Crippen LogP) is 5.27. The van der Waals surface area contributed by atoms with Gasteiger partial charge in [-0.05, 0) is 24.3 Å². The molecule has 4 aromatic rings. The monoisotopic (exact) mass is 556 g/mol. The summed E-state index contributed by atoms with van der Waals surface area (Å²) in [5.74, 6) is 0.464. The minimum Gasteiger partial charge on any atom is -0.497 e. The lowest BCUT2D eigenvalue weighted by molar-refractivity contribution is -0.129. The van der Waals surface area contributed by atoms with Gasteiger partial charge in [-0.25, -0.2) is 9.97 Å². The smallest absolute Gasteiger partial charge is 0.270 e. The summed E-state index contributed by atoms with van der Waals surface area (Å²) in [6.45, 7) is 5.20. The van der Waals surface area contributed by atoms with E-state index in [0.717, 1.165) is 0 Å². The van der Waals surface area contributed by atoms with Crippen LogP contribution in [0.4, 0.5) is 11.5 Å². The summed E-state index contributed by atoms with van der Waals surface area (Å²) in [7, 11) is 2.94. The van der Waals surface area contributed by atoms with E-state index in [1.54, 1.807) is 67.9 Å². The molecule has 10 nitrogen and oxygen atoms in total. The van der Waals surface area contributed by atoms with Gasteiger partial charge in [0.15, 0.2) is 0 Å². The Morgan fingerprint density at radius 3 is 2.34 bits per heavy atom. The number of aromatic nitrogens is 3. The molecule has 0 spiro atoms. The number of hydrogen-bond donors (Lipinski definition) is 3. The third-order valence-corrected chi connectivity index (χ3v) is 6.22. The molecule has 38 heavy (non-hydrogen) atoms. The zero-order chi connectivity index (χ0) is 27.6. The van der Waals surface area contributed by atoms with Crippen LogP contribution in [0.1, 0.15) is 31.1 Å². The molecule has 3 N–H and O–H groups in total. The van der Waals surface area contributed by atoms with Crippen LogP contribution >= 0.6 is 23.2 Å². The van der Waals surface area contributed by atoms with Crippen molar-refractivity contribution in [2.24, 2.45) is 5.41 Å². The van der Waals surface area contributed by atoms with Gasteiger partial charge in [-0.2, -0.15) is 0 Å². The summed E-state index contributed by atoms with van der Waals surface area (Å²) >= 11 is 12.9. The van der Waals surface area contributed by atoms with Gasteiger partial charge in [0.1, 0.15) is 23.0 Å². The van der Waals surface area contributed by atoms with Crippen molar-refractivity contribution in [3.8, 4) is 22.8 Å². The Bertz CT molecular complexity index is 1510. The van der Waals surface area contributed by atoms with Crippen LogP contribution in [0.25, 0.3) is 17.0 Å². The van der Waals surface area contributed by atoms with E-state index in [-0.39, 0.29) is 11.5 Å². The number of rotatable bonds is 6. The molecule has 2 aromatic heterocycles. The van der Waals surface area contributed by atoms with Crippen LogP contribution < -0.4 is 25.6 Å². The fraction of sp³-hybridized carbons (Fsp3) is 0.231. The molecule has 2 amide bonds. The summed E-state index contributed by atoms with van der Waals surface area (Å²) in [6, 6.07) is 10.0. The van der Waals surface area contributed by atoms with Crippen LogP contribution in [-0.4, -0.2) is 40.4 Å². The number of para-hydroxylation sites is 1. The van der Waals surface area contributed by atoms with E-state index < -0.39 is 11.3 Å². The Labute approximate surface area is 229 Å². The Hall–Kier alpha value is -4.02. The van der Waals surface area contributed by atoms with Crippen LogP contribution in [0.5, 0.6) is 11.5 Å². The third-order valence-electron chi connectivity index (χ3n) is 5.59. The zero-order valence-corrected chi connectivity index (χ0v) is 22.9. The van der Waals surface area contributed by atoms with E-state index in [9.17, 15) is 9.59 Å². The molecule has 0 bridgehead atoms. The highest BCUT2D eigenvalue weighted by Crippen LogP contribution is 2.42. The highest BCUT2D eigenvalue weighted by Gasteiger charge is 2.28. The van der Waals surface area contributed by atoms with E-state index in [1.165, 1.54) is 20.3 Å². The molecule has 0 unspecified atom stereocenters. The lowest BCUT2D eigenvalue weighted by atomic mass is 9.96. The van der Waals surface area contributed by atoms with Crippen molar-refractivity contribution in [2.75, 3.05) is 19.5 Å². The first-order valence-electron chi connectivity index (χ1n) is 11.5. The van der Waals surface area contributed by atoms with Gasteiger partial charge in [0.05, 0.1) is 41.1 Å². The second-order valence-corrected chi connectivity index (χ2v) is 10.0. The SMILES string of the molecule is COc1cc(OC)c(-c2nc3ncccn3c2Nc2c(Cl)cccc2Cl)c(C(=O)NNC(=O)C(C)(C)C)c1. The van der Waals surface area contributed by atoms with Crippen molar-refractivity contribution >= 4 is 52.3 Å². The molecule has 12 heteroatoms. The quantitative estimate of drug-likeness (QED) is 0.277. The Morgan fingerprint density at radius 1 is 1.00 bits per heavy atom. The molecule has 0 atom stereocenters. The third kappa shape index (κ3) is 5.32. The molecular weight excluding hydrogens is 531 g/mol. The second-order valence-electron chi connectivity index (χ2n) is 9.23. The number of benzene rings is 2. The number of amides is 2. The number of hydrazine groups is 1. The standard InChI is InChI=1S/C26H26Cl2N6O4/c1-26(2,3)24(36)33-32-23(35)15-12-14(37-4)13-18(38-5)19(15)21-22(34-11-7-10-29-25(34)31-21)30-20-16(27)8-6-9-17(20)28/h6-13,30H,1-5H3,(H,32,35)(H,33,36). The maximum absolute atomic E-state index is 13.4. The maximum atomic E-state index is 13.4. The van der Waals surface area contributed by atoms with Crippen molar-refractivity contribution < 1.29 is 19.1 Å². The molecule has 2 heterocycles. The van der Waals surface area contributed by atoms with E-state index in [0.29, 0.717) is 50.1 Å².